The first-order valence-corrected chi connectivity index (χ1v) is 3.87. The Labute approximate surface area is 65.4 Å². The molecule has 0 radical (unpaired) electrons. The second kappa shape index (κ2) is 2.95. The summed E-state index contributed by atoms with van der Waals surface area (Å²) in [5.74, 6) is 0.770. The largest absolute Gasteiger partial charge is 0.416 e. The molecule has 0 saturated carbocycles. The number of hydrogen-bond acceptors (Lipinski definition) is 2. The first-order chi connectivity index (χ1) is 5.15. The number of H-pyrrole nitrogens is 1. The minimum absolute atomic E-state index is 0.330. The van der Waals surface area contributed by atoms with Crippen LogP contribution in [-0.2, 0) is 6.42 Å². The lowest BCUT2D eigenvalue weighted by atomic mass is 10.1. The molecule has 3 heteroatoms. The molecule has 1 aromatic rings. The van der Waals surface area contributed by atoms with Crippen LogP contribution in [0.1, 0.15) is 38.1 Å². The van der Waals surface area contributed by atoms with Gasteiger partial charge in [0, 0.05) is 6.42 Å². The van der Waals surface area contributed by atoms with Gasteiger partial charge in [-0.2, -0.15) is 0 Å². The van der Waals surface area contributed by atoms with Crippen molar-refractivity contribution in [2.75, 3.05) is 0 Å². The molecular formula is C8H13NO2. The zero-order chi connectivity index (χ0) is 8.43. The number of aryl methyl sites for hydroxylation is 1. The summed E-state index contributed by atoms with van der Waals surface area (Å²) in [5.41, 5.74) is 0.928. The monoisotopic (exact) mass is 155 g/mol. The smallest absolute Gasteiger partial charge is 0.413 e. The van der Waals surface area contributed by atoms with Gasteiger partial charge in [0.2, 0.25) is 0 Å². The van der Waals surface area contributed by atoms with Crippen molar-refractivity contribution in [3.05, 3.63) is 22.0 Å². The quantitative estimate of drug-likeness (QED) is 0.705. The Balaban J connectivity index is 3.12. The van der Waals surface area contributed by atoms with E-state index in [0.29, 0.717) is 5.92 Å². The average molecular weight is 155 g/mol. The highest BCUT2D eigenvalue weighted by Gasteiger charge is 2.10. The molecule has 11 heavy (non-hydrogen) atoms. The maximum Gasteiger partial charge on any atom is 0.416 e. The predicted octanol–water partition coefficient (Wildman–Crippen LogP) is 1.65. The van der Waals surface area contributed by atoms with Crippen LogP contribution >= 0.6 is 0 Å². The van der Waals surface area contributed by atoms with Crippen molar-refractivity contribution in [3.8, 4) is 0 Å². The molecule has 1 aromatic heterocycles. The van der Waals surface area contributed by atoms with Gasteiger partial charge in [-0.05, 0) is 5.92 Å². The van der Waals surface area contributed by atoms with Gasteiger partial charge >= 0.3 is 5.76 Å². The lowest BCUT2D eigenvalue weighted by molar-refractivity contribution is 0.471. The van der Waals surface area contributed by atoms with Gasteiger partial charge in [0.05, 0.1) is 5.69 Å². The van der Waals surface area contributed by atoms with E-state index in [2.05, 4.69) is 4.98 Å². The summed E-state index contributed by atoms with van der Waals surface area (Å²) < 4.78 is 4.91. The second-order valence-corrected chi connectivity index (χ2v) is 2.86. The molecule has 1 N–H and O–H groups in total. The summed E-state index contributed by atoms with van der Waals surface area (Å²) in [6, 6.07) is 0. The lowest BCUT2D eigenvalue weighted by Gasteiger charge is -2.00. The molecule has 0 aromatic carbocycles. The summed E-state index contributed by atoms with van der Waals surface area (Å²) in [7, 11) is 0. The zero-order valence-corrected chi connectivity index (χ0v) is 7.10. The van der Waals surface area contributed by atoms with Crippen LogP contribution in [0, 0.1) is 0 Å². The molecule has 0 aliphatic rings. The number of hydrogen-bond donors (Lipinski definition) is 1. The number of oxazole rings is 1. The SMILES string of the molecule is CCc1oc(=O)[nH]c1C(C)C. The Hall–Kier alpha value is -0.990. The average Bonchev–Trinajstić information content (AvgIpc) is 2.30. The van der Waals surface area contributed by atoms with Crippen LogP contribution in [0.15, 0.2) is 9.21 Å². The van der Waals surface area contributed by atoms with E-state index in [1.807, 2.05) is 20.8 Å². The van der Waals surface area contributed by atoms with Gasteiger partial charge in [-0.1, -0.05) is 20.8 Å². The van der Waals surface area contributed by atoms with Gasteiger partial charge in [-0.3, -0.25) is 4.98 Å². The third-order valence-electron chi connectivity index (χ3n) is 1.65. The molecule has 0 bridgehead atoms. The normalized spacial score (nSPS) is 10.9. The van der Waals surface area contributed by atoms with Crippen molar-refractivity contribution in [2.24, 2.45) is 0 Å². The van der Waals surface area contributed by atoms with Gasteiger partial charge in [-0.15, -0.1) is 0 Å². The fourth-order valence-electron chi connectivity index (χ4n) is 1.10. The van der Waals surface area contributed by atoms with Crippen molar-refractivity contribution < 1.29 is 4.42 Å². The van der Waals surface area contributed by atoms with E-state index in [4.69, 9.17) is 4.42 Å². The van der Waals surface area contributed by atoms with Crippen molar-refractivity contribution >= 4 is 0 Å². The van der Waals surface area contributed by atoms with Crippen LogP contribution in [0.4, 0.5) is 0 Å². The second-order valence-electron chi connectivity index (χ2n) is 2.86. The summed E-state index contributed by atoms with van der Waals surface area (Å²) in [6.45, 7) is 6.03. The highest BCUT2D eigenvalue weighted by atomic mass is 16.4. The highest BCUT2D eigenvalue weighted by molar-refractivity contribution is 5.10. The molecule has 0 fully saturated rings. The van der Waals surface area contributed by atoms with E-state index in [9.17, 15) is 4.79 Å². The molecule has 1 heterocycles. The Bertz CT molecular complexity index is 283. The van der Waals surface area contributed by atoms with Gasteiger partial charge < -0.3 is 4.42 Å². The van der Waals surface area contributed by atoms with Crippen LogP contribution in [0.25, 0.3) is 0 Å². The van der Waals surface area contributed by atoms with Crippen LogP contribution in [0.5, 0.6) is 0 Å². The van der Waals surface area contributed by atoms with Crippen LogP contribution in [0.2, 0.25) is 0 Å². The number of rotatable bonds is 2. The van der Waals surface area contributed by atoms with E-state index >= 15 is 0 Å². The van der Waals surface area contributed by atoms with Gasteiger partial charge in [-0.25, -0.2) is 4.79 Å². The van der Waals surface area contributed by atoms with E-state index in [1.54, 1.807) is 0 Å². The van der Waals surface area contributed by atoms with Crippen molar-refractivity contribution in [1.82, 2.24) is 4.98 Å². The van der Waals surface area contributed by atoms with E-state index in [-0.39, 0.29) is 5.76 Å². The molecule has 0 saturated heterocycles. The minimum Gasteiger partial charge on any atom is -0.413 e. The summed E-state index contributed by atoms with van der Waals surface area (Å²) >= 11 is 0. The third kappa shape index (κ3) is 1.53. The van der Waals surface area contributed by atoms with E-state index < -0.39 is 0 Å². The minimum atomic E-state index is -0.342. The summed E-state index contributed by atoms with van der Waals surface area (Å²) in [6.07, 6.45) is 0.770. The standard InChI is InChI=1S/C8H13NO2/c1-4-6-7(5(2)3)9-8(10)11-6/h5H,4H2,1-3H3,(H,9,10). The van der Waals surface area contributed by atoms with Crippen molar-refractivity contribution in [1.29, 1.82) is 0 Å². The van der Waals surface area contributed by atoms with E-state index in [0.717, 1.165) is 17.9 Å². The van der Waals surface area contributed by atoms with E-state index in [1.165, 1.54) is 0 Å². The number of aromatic amines is 1. The van der Waals surface area contributed by atoms with Crippen molar-refractivity contribution in [3.63, 3.8) is 0 Å². The highest BCUT2D eigenvalue weighted by Crippen LogP contribution is 2.15. The molecule has 3 nitrogen and oxygen atoms in total. The third-order valence-corrected chi connectivity index (χ3v) is 1.65. The summed E-state index contributed by atoms with van der Waals surface area (Å²) in [5, 5.41) is 0. The molecule has 0 atom stereocenters. The topological polar surface area (TPSA) is 46.0 Å². The summed E-state index contributed by atoms with van der Waals surface area (Å²) in [4.78, 5) is 13.4. The molecular weight excluding hydrogens is 142 g/mol. The maximum atomic E-state index is 10.8. The molecule has 0 aliphatic heterocycles. The lowest BCUT2D eigenvalue weighted by Crippen LogP contribution is -1.98. The maximum absolute atomic E-state index is 10.8. The Morgan fingerprint density at radius 1 is 1.55 bits per heavy atom. The van der Waals surface area contributed by atoms with Gasteiger partial charge in [0.1, 0.15) is 5.76 Å². The molecule has 0 amide bonds. The van der Waals surface area contributed by atoms with Crippen LogP contribution < -0.4 is 5.76 Å². The first kappa shape index (κ1) is 8.11. The molecule has 0 spiro atoms. The number of aromatic nitrogens is 1. The molecule has 0 unspecified atom stereocenters. The van der Waals surface area contributed by atoms with Gasteiger partial charge in [0.15, 0.2) is 0 Å². The molecule has 1 rings (SSSR count). The molecule has 0 aliphatic carbocycles. The zero-order valence-electron chi connectivity index (χ0n) is 7.10. The van der Waals surface area contributed by atoms with Crippen LogP contribution in [-0.4, -0.2) is 4.98 Å². The molecule has 62 valence electrons. The Kier molecular flexibility index (Phi) is 2.17. The predicted molar refractivity (Wildman–Crippen MR) is 42.8 cm³/mol. The fraction of sp³-hybridized carbons (Fsp3) is 0.625. The first-order valence-electron chi connectivity index (χ1n) is 3.87. The fourth-order valence-corrected chi connectivity index (χ4v) is 1.10. The Morgan fingerprint density at radius 2 is 2.18 bits per heavy atom. The van der Waals surface area contributed by atoms with Crippen LogP contribution in [0.3, 0.4) is 0 Å². The Morgan fingerprint density at radius 3 is 2.55 bits per heavy atom. The number of nitrogens with one attached hydrogen (secondary N) is 1. The van der Waals surface area contributed by atoms with Crippen molar-refractivity contribution in [2.45, 2.75) is 33.1 Å². The van der Waals surface area contributed by atoms with Gasteiger partial charge in [0.25, 0.3) is 0 Å².